The van der Waals surface area contributed by atoms with E-state index < -0.39 is 0 Å². The van der Waals surface area contributed by atoms with Gasteiger partial charge in [0.1, 0.15) is 12.4 Å². The first-order valence-electron chi connectivity index (χ1n) is 7.73. The summed E-state index contributed by atoms with van der Waals surface area (Å²) in [6.45, 7) is 3.40. The number of ether oxygens (including phenoxy) is 2. The van der Waals surface area contributed by atoms with Gasteiger partial charge in [0.25, 0.3) is 6.02 Å². The van der Waals surface area contributed by atoms with E-state index in [2.05, 4.69) is 34.3 Å². The van der Waals surface area contributed by atoms with Crippen LogP contribution in [0.25, 0.3) is 0 Å². The van der Waals surface area contributed by atoms with Crippen LogP contribution in [0.3, 0.4) is 0 Å². The smallest absolute Gasteiger partial charge is 0.285 e. The molecule has 0 fully saturated rings. The van der Waals surface area contributed by atoms with E-state index in [0.717, 1.165) is 23.3 Å². The molecule has 0 saturated carbocycles. The Hall–Kier alpha value is -2.56. The van der Waals surface area contributed by atoms with Crippen molar-refractivity contribution < 1.29 is 9.47 Å². The van der Waals surface area contributed by atoms with Crippen molar-refractivity contribution in [2.24, 2.45) is 4.99 Å². The highest BCUT2D eigenvalue weighted by Crippen LogP contribution is 2.23. The molecule has 0 saturated heterocycles. The second-order valence-corrected chi connectivity index (χ2v) is 5.58. The molecule has 1 aliphatic rings. The standard InChI is InChI=1S/C18H21N3O2/c1-13-8-14(12-19-11-13)9-17(21-18-20-6-7-23-18)15-4-3-5-16(10-15)22-2/h3-5,8,10-12,17H,6-7,9H2,1-2H3,(H,20,21). The van der Waals surface area contributed by atoms with Gasteiger partial charge in [0.05, 0.1) is 19.7 Å². The van der Waals surface area contributed by atoms with Crippen molar-refractivity contribution in [2.75, 3.05) is 20.3 Å². The highest BCUT2D eigenvalue weighted by Gasteiger charge is 2.18. The van der Waals surface area contributed by atoms with E-state index in [1.807, 2.05) is 30.6 Å². The summed E-state index contributed by atoms with van der Waals surface area (Å²) in [5.74, 6) is 0.839. The predicted molar refractivity (Wildman–Crippen MR) is 89.8 cm³/mol. The zero-order valence-corrected chi connectivity index (χ0v) is 13.5. The van der Waals surface area contributed by atoms with Crippen LogP contribution in [0.2, 0.25) is 0 Å². The summed E-state index contributed by atoms with van der Waals surface area (Å²) in [5.41, 5.74) is 3.45. The van der Waals surface area contributed by atoms with Crippen LogP contribution in [0.1, 0.15) is 22.7 Å². The molecule has 0 spiro atoms. The van der Waals surface area contributed by atoms with Gasteiger partial charge in [0.2, 0.25) is 0 Å². The number of hydrogen-bond donors (Lipinski definition) is 1. The summed E-state index contributed by atoms with van der Waals surface area (Å²) >= 11 is 0. The first-order valence-corrected chi connectivity index (χ1v) is 7.73. The quantitative estimate of drug-likeness (QED) is 0.922. The fraction of sp³-hybridized carbons (Fsp3) is 0.333. The minimum absolute atomic E-state index is 0.0468. The molecular weight excluding hydrogens is 290 g/mol. The highest BCUT2D eigenvalue weighted by molar-refractivity contribution is 5.75. The van der Waals surface area contributed by atoms with Gasteiger partial charge in [0, 0.05) is 12.4 Å². The summed E-state index contributed by atoms with van der Waals surface area (Å²) in [7, 11) is 1.68. The molecule has 3 rings (SSSR count). The molecule has 1 aromatic heterocycles. The van der Waals surface area contributed by atoms with Crippen LogP contribution in [-0.4, -0.2) is 31.3 Å². The third kappa shape index (κ3) is 4.00. The second-order valence-electron chi connectivity index (χ2n) is 5.58. The van der Waals surface area contributed by atoms with Crippen molar-refractivity contribution in [1.82, 2.24) is 10.3 Å². The normalized spacial score (nSPS) is 14.8. The molecule has 5 heteroatoms. The zero-order valence-electron chi connectivity index (χ0n) is 13.5. The number of aromatic nitrogens is 1. The van der Waals surface area contributed by atoms with E-state index in [0.29, 0.717) is 19.2 Å². The lowest BCUT2D eigenvalue weighted by molar-refractivity contribution is 0.324. The van der Waals surface area contributed by atoms with Gasteiger partial charge in [-0.2, -0.15) is 0 Å². The fourth-order valence-corrected chi connectivity index (χ4v) is 2.65. The number of pyridine rings is 1. The molecule has 5 nitrogen and oxygen atoms in total. The van der Waals surface area contributed by atoms with Gasteiger partial charge in [-0.05, 0) is 42.2 Å². The Morgan fingerprint density at radius 1 is 1.30 bits per heavy atom. The molecule has 1 atom stereocenters. The average Bonchev–Trinajstić information content (AvgIpc) is 3.07. The number of methoxy groups -OCH3 is 1. The number of rotatable bonds is 5. The largest absolute Gasteiger partial charge is 0.497 e. The average molecular weight is 311 g/mol. The molecule has 0 amide bonds. The molecule has 0 radical (unpaired) electrons. The SMILES string of the molecule is COc1cccc(C(Cc2cncc(C)c2)NC2=NCCO2)c1. The topological polar surface area (TPSA) is 55.7 Å². The van der Waals surface area contributed by atoms with E-state index in [-0.39, 0.29) is 6.04 Å². The maximum absolute atomic E-state index is 5.51. The van der Waals surface area contributed by atoms with Gasteiger partial charge >= 0.3 is 0 Å². The predicted octanol–water partition coefficient (Wildman–Crippen LogP) is 2.66. The van der Waals surface area contributed by atoms with E-state index in [4.69, 9.17) is 9.47 Å². The van der Waals surface area contributed by atoms with Crippen molar-refractivity contribution >= 4 is 6.02 Å². The van der Waals surface area contributed by atoms with Gasteiger partial charge in [-0.15, -0.1) is 0 Å². The lowest BCUT2D eigenvalue weighted by Crippen LogP contribution is -2.30. The van der Waals surface area contributed by atoms with Crippen LogP contribution in [0, 0.1) is 6.92 Å². The van der Waals surface area contributed by atoms with E-state index in [1.165, 1.54) is 5.56 Å². The third-order valence-corrected chi connectivity index (χ3v) is 3.75. The summed E-state index contributed by atoms with van der Waals surface area (Å²) in [6, 6.07) is 10.9. The Labute approximate surface area is 136 Å². The fourth-order valence-electron chi connectivity index (χ4n) is 2.65. The van der Waals surface area contributed by atoms with Crippen LogP contribution in [0.5, 0.6) is 5.75 Å². The van der Waals surface area contributed by atoms with Crippen molar-refractivity contribution in [2.45, 2.75) is 19.4 Å². The highest BCUT2D eigenvalue weighted by atomic mass is 16.5. The van der Waals surface area contributed by atoms with Crippen molar-refractivity contribution in [3.05, 3.63) is 59.4 Å². The monoisotopic (exact) mass is 311 g/mol. The van der Waals surface area contributed by atoms with Crippen molar-refractivity contribution in [3.63, 3.8) is 0 Å². The van der Waals surface area contributed by atoms with Gasteiger partial charge in [-0.25, -0.2) is 4.99 Å². The first-order chi connectivity index (χ1) is 11.2. The van der Waals surface area contributed by atoms with Gasteiger partial charge in [-0.3, -0.25) is 4.98 Å². The van der Waals surface area contributed by atoms with Crippen molar-refractivity contribution in [3.8, 4) is 5.75 Å². The van der Waals surface area contributed by atoms with Crippen LogP contribution >= 0.6 is 0 Å². The molecule has 1 aromatic carbocycles. The number of aryl methyl sites for hydroxylation is 1. The van der Waals surface area contributed by atoms with Crippen LogP contribution in [0.15, 0.2) is 47.7 Å². The summed E-state index contributed by atoms with van der Waals surface area (Å²) in [6.07, 6.45) is 4.56. The number of nitrogens with one attached hydrogen (secondary N) is 1. The Morgan fingerprint density at radius 3 is 2.96 bits per heavy atom. The van der Waals surface area contributed by atoms with Gasteiger partial charge in [0.15, 0.2) is 0 Å². The van der Waals surface area contributed by atoms with Crippen LogP contribution in [0.4, 0.5) is 0 Å². The minimum atomic E-state index is 0.0468. The van der Waals surface area contributed by atoms with Gasteiger partial charge in [-0.1, -0.05) is 18.2 Å². The molecule has 2 aromatic rings. The summed E-state index contributed by atoms with van der Waals surface area (Å²) < 4.78 is 10.9. The maximum Gasteiger partial charge on any atom is 0.285 e. The van der Waals surface area contributed by atoms with Crippen LogP contribution in [-0.2, 0) is 11.2 Å². The molecule has 1 aliphatic heterocycles. The number of aliphatic imine (C=N–C) groups is 1. The number of benzene rings is 1. The number of hydrogen-bond acceptors (Lipinski definition) is 5. The number of amidine groups is 1. The second kappa shape index (κ2) is 7.13. The minimum Gasteiger partial charge on any atom is -0.497 e. The lowest BCUT2D eigenvalue weighted by atomic mass is 9.99. The molecule has 0 aliphatic carbocycles. The van der Waals surface area contributed by atoms with Crippen LogP contribution < -0.4 is 10.1 Å². The lowest BCUT2D eigenvalue weighted by Gasteiger charge is -2.20. The maximum atomic E-state index is 5.51. The molecule has 1 N–H and O–H groups in total. The Bertz CT molecular complexity index is 700. The third-order valence-electron chi connectivity index (χ3n) is 3.75. The summed E-state index contributed by atoms with van der Waals surface area (Å²) in [5, 5.41) is 3.40. The Morgan fingerprint density at radius 2 is 2.22 bits per heavy atom. The zero-order chi connectivity index (χ0) is 16.1. The van der Waals surface area contributed by atoms with E-state index in [1.54, 1.807) is 7.11 Å². The van der Waals surface area contributed by atoms with E-state index in [9.17, 15) is 0 Å². The molecule has 2 heterocycles. The van der Waals surface area contributed by atoms with E-state index >= 15 is 0 Å². The molecule has 0 bridgehead atoms. The molecular formula is C18H21N3O2. The molecule has 23 heavy (non-hydrogen) atoms. The number of nitrogens with zero attached hydrogens (tertiary/aromatic N) is 2. The summed E-state index contributed by atoms with van der Waals surface area (Å²) in [4.78, 5) is 8.62. The molecule has 120 valence electrons. The van der Waals surface area contributed by atoms with Crippen molar-refractivity contribution in [1.29, 1.82) is 0 Å². The Kier molecular flexibility index (Phi) is 4.76. The first kappa shape index (κ1) is 15.3. The van der Waals surface area contributed by atoms with Gasteiger partial charge < -0.3 is 14.8 Å². The molecule has 1 unspecified atom stereocenters. The Balaban J connectivity index is 1.85.